The third kappa shape index (κ3) is 3.76. The Bertz CT molecular complexity index is 606. The Morgan fingerprint density at radius 1 is 1.33 bits per heavy atom. The van der Waals surface area contributed by atoms with Gasteiger partial charge in [0.1, 0.15) is 5.38 Å². The third-order valence-electron chi connectivity index (χ3n) is 3.37. The normalized spacial score (nSPS) is 11.9. The molecule has 2 aromatic rings. The number of aryl methyl sites for hydroxylation is 1. The van der Waals surface area contributed by atoms with Crippen molar-refractivity contribution in [3.05, 3.63) is 72.6 Å². The summed E-state index contributed by atoms with van der Waals surface area (Å²) in [5, 5.41) is -0.675. The van der Waals surface area contributed by atoms with Gasteiger partial charge in [-0.2, -0.15) is 0 Å². The minimum atomic E-state index is -0.675. The Morgan fingerprint density at radius 3 is 2.62 bits per heavy atom. The van der Waals surface area contributed by atoms with Gasteiger partial charge in [-0.05, 0) is 17.7 Å². The molecule has 1 heterocycles. The molecule has 1 amide bonds. The topological polar surface area (TPSA) is 25.2 Å². The van der Waals surface area contributed by atoms with Crippen molar-refractivity contribution < 1.29 is 4.79 Å². The maximum atomic E-state index is 12.6. The van der Waals surface area contributed by atoms with E-state index in [1.54, 1.807) is 11.0 Å². The van der Waals surface area contributed by atoms with E-state index >= 15 is 0 Å². The smallest absolute Gasteiger partial charge is 0.245 e. The minimum Gasteiger partial charge on any atom is -0.353 e. The van der Waals surface area contributed by atoms with Crippen LogP contribution in [0.1, 0.15) is 16.6 Å². The zero-order chi connectivity index (χ0) is 15.2. The summed E-state index contributed by atoms with van der Waals surface area (Å²) in [6, 6.07) is 13.4. The predicted molar refractivity (Wildman–Crippen MR) is 86.1 cm³/mol. The minimum absolute atomic E-state index is 0.107. The van der Waals surface area contributed by atoms with E-state index in [2.05, 4.69) is 6.58 Å². The summed E-state index contributed by atoms with van der Waals surface area (Å²) in [6.45, 7) is 4.71. The van der Waals surface area contributed by atoms with Crippen LogP contribution in [0, 0.1) is 0 Å². The van der Waals surface area contributed by atoms with E-state index in [4.69, 9.17) is 11.6 Å². The Hall–Kier alpha value is -2.00. The number of carbonyl (C=O) groups is 1. The zero-order valence-electron chi connectivity index (χ0n) is 12.1. The molecule has 0 N–H and O–H groups in total. The van der Waals surface area contributed by atoms with Gasteiger partial charge in [-0.25, -0.2) is 0 Å². The van der Waals surface area contributed by atoms with Crippen molar-refractivity contribution in [2.24, 2.45) is 7.05 Å². The lowest BCUT2D eigenvalue weighted by Gasteiger charge is -2.24. The first-order valence-corrected chi connectivity index (χ1v) is 7.26. The number of hydrogen-bond donors (Lipinski definition) is 0. The maximum absolute atomic E-state index is 12.6. The molecule has 21 heavy (non-hydrogen) atoms. The van der Waals surface area contributed by atoms with Crippen LogP contribution in [-0.4, -0.2) is 21.9 Å². The van der Waals surface area contributed by atoms with E-state index in [-0.39, 0.29) is 5.91 Å². The number of amides is 1. The molecule has 2 rings (SSSR count). The van der Waals surface area contributed by atoms with E-state index in [9.17, 15) is 4.79 Å². The molecule has 0 spiro atoms. The first-order valence-electron chi connectivity index (χ1n) is 6.82. The fourth-order valence-corrected chi connectivity index (χ4v) is 2.45. The van der Waals surface area contributed by atoms with Crippen molar-refractivity contribution in [2.75, 3.05) is 6.54 Å². The molecule has 0 radical (unpaired) electrons. The fourth-order valence-electron chi connectivity index (χ4n) is 2.17. The number of carbonyl (C=O) groups excluding carboxylic acids is 1. The standard InChI is InChI=1S/C17H19ClN2O/c1-3-11-20(13-15-10-7-12-19(15)2)17(21)16(18)14-8-5-4-6-9-14/h3-10,12,16H,1,11,13H2,2H3. The molecule has 1 atom stereocenters. The average molecular weight is 303 g/mol. The lowest BCUT2D eigenvalue weighted by atomic mass is 10.1. The summed E-state index contributed by atoms with van der Waals surface area (Å²) in [5.74, 6) is -0.107. The van der Waals surface area contributed by atoms with Crippen LogP contribution in [0.4, 0.5) is 0 Å². The summed E-state index contributed by atoms with van der Waals surface area (Å²) >= 11 is 6.33. The van der Waals surface area contributed by atoms with Crippen LogP contribution in [-0.2, 0) is 18.4 Å². The Labute approximate surface area is 130 Å². The highest BCUT2D eigenvalue weighted by Crippen LogP contribution is 2.23. The van der Waals surface area contributed by atoms with Gasteiger partial charge in [0, 0.05) is 25.5 Å². The quantitative estimate of drug-likeness (QED) is 0.592. The zero-order valence-corrected chi connectivity index (χ0v) is 12.8. The van der Waals surface area contributed by atoms with Crippen LogP contribution in [0.5, 0.6) is 0 Å². The Morgan fingerprint density at radius 2 is 2.05 bits per heavy atom. The summed E-state index contributed by atoms with van der Waals surface area (Å²) in [6.07, 6.45) is 3.68. The molecule has 1 aromatic heterocycles. The van der Waals surface area contributed by atoms with Crippen molar-refractivity contribution in [3.8, 4) is 0 Å². The van der Waals surface area contributed by atoms with Gasteiger partial charge in [-0.3, -0.25) is 4.79 Å². The highest BCUT2D eigenvalue weighted by atomic mass is 35.5. The van der Waals surface area contributed by atoms with E-state index in [0.717, 1.165) is 11.3 Å². The van der Waals surface area contributed by atoms with Gasteiger partial charge in [0.25, 0.3) is 0 Å². The number of benzene rings is 1. The second-order valence-electron chi connectivity index (χ2n) is 4.89. The predicted octanol–water partition coefficient (Wildman–Crippen LogP) is 3.52. The van der Waals surface area contributed by atoms with Crippen LogP contribution >= 0.6 is 11.6 Å². The van der Waals surface area contributed by atoms with Gasteiger partial charge < -0.3 is 9.47 Å². The van der Waals surface area contributed by atoms with Gasteiger partial charge in [0.2, 0.25) is 5.91 Å². The number of nitrogens with zero attached hydrogens (tertiary/aromatic N) is 2. The second kappa shape index (κ2) is 7.14. The summed E-state index contributed by atoms with van der Waals surface area (Å²) in [4.78, 5) is 14.3. The highest BCUT2D eigenvalue weighted by Gasteiger charge is 2.23. The SMILES string of the molecule is C=CCN(Cc1cccn1C)C(=O)C(Cl)c1ccccc1. The molecule has 0 fully saturated rings. The fraction of sp³-hybridized carbons (Fsp3) is 0.235. The van der Waals surface area contributed by atoms with Crippen LogP contribution in [0.15, 0.2) is 61.3 Å². The van der Waals surface area contributed by atoms with Gasteiger partial charge in [0.05, 0.1) is 6.54 Å². The summed E-state index contributed by atoms with van der Waals surface area (Å²) in [5.41, 5.74) is 1.87. The molecule has 0 aliphatic carbocycles. The van der Waals surface area contributed by atoms with Crippen LogP contribution in [0.25, 0.3) is 0 Å². The molecule has 1 unspecified atom stereocenters. The van der Waals surface area contributed by atoms with E-state index in [1.165, 1.54) is 0 Å². The van der Waals surface area contributed by atoms with Crippen molar-refractivity contribution in [1.29, 1.82) is 0 Å². The molecule has 0 bridgehead atoms. The molecular formula is C17H19ClN2O. The van der Waals surface area contributed by atoms with E-state index < -0.39 is 5.38 Å². The average Bonchev–Trinajstić information content (AvgIpc) is 2.91. The molecular weight excluding hydrogens is 284 g/mol. The molecule has 110 valence electrons. The number of hydrogen-bond acceptors (Lipinski definition) is 1. The number of rotatable bonds is 6. The van der Waals surface area contributed by atoms with Gasteiger partial charge >= 0.3 is 0 Å². The van der Waals surface area contributed by atoms with Gasteiger partial charge in [0.15, 0.2) is 0 Å². The Kier molecular flexibility index (Phi) is 5.23. The van der Waals surface area contributed by atoms with Crippen molar-refractivity contribution >= 4 is 17.5 Å². The van der Waals surface area contributed by atoms with Crippen LogP contribution in [0.2, 0.25) is 0 Å². The number of aromatic nitrogens is 1. The van der Waals surface area contributed by atoms with Crippen LogP contribution < -0.4 is 0 Å². The lowest BCUT2D eigenvalue weighted by molar-refractivity contribution is -0.131. The van der Waals surface area contributed by atoms with Crippen molar-refractivity contribution in [2.45, 2.75) is 11.9 Å². The lowest BCUT2D eigenvalue weighted by Crippen LogP contribution is -2.33. The monoisotopic (exact) mass is 302 g/mol. The maximum Gasteiger partial charge on any atom is 0.245 e. The van der Waals surface area contributed by atoms with Gasteiger partial charge in [-0.1, -0.05) is 36.4 Å². The largest absolute Gasteiger partial charge is 0.353 e. The summed E-state index contributed by atoms with van der Waals surface area (Å²) in [7, 11) is 1.96. The molecule has 0 aliphatic heterocycles. The van der Waals surface area contributed by atoms with Crippen molar-refractivity contribution in [1.82, 2.24) is 9.47 Å². The highest BCUT2D eigenvalue weighted by molar-refractivity contribution is 6.30. The second-order valence-corrected chi connectivity index (χ2v) is 5.33. The van der Waals surface area contributed by atoms with Crippen molar-refractivity contribution in [3.63, 3.8) is 0 Å². The number of alkyl halides is 1. The number of halogens is 1. The molecule has 0 aliphatic rings. The third-order valence-corrected chi connectivity index (χ3v) is 3.81. The molecule has 3 nitrogen and oxygen atoms in total. The Balaban J connectivity index is 2.15. The molecule has 1 aromatic carbocycles. The van der Waals surface area contributed by atoms with E-state index in [1.807, 2.05) is 60.3 Å². The first-order chi connectivity index (χ1) is 10.1. The molecule has 4 heteroatoms. The first kappa shape index (κ1) is 15.4. The summed E-state index contributed by atoms with van der Waals surface area (Å²) < 4.78 is 2.00. The van der Waals surface area contributed by atoms with E-state index in [0.29, 0.717) is 13.1 Å². The van der Waals surface area contributed by atoms with Gasteiger partial charge in [-0.15, -0.1) is 18.2 Å². The molecule has 0 saturated heterocycles. The van der Waals surface area contributed by atoms with Crippen LogP contribution in [0.3, 0.4) is 0 Å². The molecule has 0 saturated carbocycles.